The van der Waals surface area contributed by atoms with Crippen molar-refractivity contribution in [3.63, 3.8) is 0 Å². The fourth-order valence-corrected chi connectivity index (χ4v) is 5.40. The number of carbonyl (C=O) groups excluding carboxylic acids is 2. The van der Waals surface area contributed by atoms with E-state index in [2.05, 4.69) is 16.8 Å². The molecule has 0 aromatic heterocycles. The van der Waals surface area contributed by atoms with Gasteiger partial charge in [-0.2, -0.15) is 0 Å². The molecule has 1 unspecified atom stereocenters. The molecule has 7 nitrogen and oxygen atoms in total. The first-order chi connectivity index (χ1) is 14.3. The molecule has 160 valence electrons. The van der Waals surface area contributed by atoms with E-state index < -0.39 is 11.6 Å². The Morgan fingerprint density at radius 2 is 2.03 bits per heavy atom. The Bertz CT molecular complexity index is 904. The molecular formula is C23H29N3O4. The predicted octanol–water partition coefficient (Wildman–Crippen LogP) is 1.80. The summed E-state index contributed by atoms with van der Waals surface area (Å²) >= 11 is 0. The smallest absolute Gasteiger partial charge is 0.255 e. The number of aliphatic hydroxyl groups is 1. The van der Waals surface area contributed by atoms with Crippen LogP contribution in [0.4, 0.5) is 0 Å². The van der Waals surface area contributed by atoms with Crippen LogP contribution in [0.3, 0.4) is 0 Å². The highest BCUT2D eigenvalue weighted by atomic mass is 16.5. The van der Waals surface area contributed by atoms with Crippen molar-refractivity contribution in [2.24, 2.45) is 0 Å². The first-order valence-corrected chi connectivity index (χ1v) is 10.9. The van der Waals surface area contributed by atoms with Gasteiger partial charge in [0.1, 0.15) is 17.9 Å². The molecule has 30 heavy (non-hydrogen) atoms. The molecule has 0 radical (unpaired) electrons. The Kier molecular flexibility index (Phi) is 4.63. The number of benzene rings is 1. The minimum Gasteiger partial charge on any atom is -0.489 e. The number of fused-ring (bicyclic) bond motifs is 1. The van der Waals surface area contributed by atoms with Crippen LogP contribution in [0.5, 0.6) is 5.75 Å². The zero-order valence-electron chi connectivity index (χ0n) is 17.4. The number of hydrogen-bond acceptors (Lipinski definition) is 5. The summed E-state index contributed by atoms with van der Waals surface area (Å²) in [6, 6.07) is 5.53. The molecular weight excluding hydrogens is 382 g/mol. The van der Waals surface area contributed by atoms with Crippen LogP contribution >= 0.6 is 0 Å². The number of β-amino-alcohol motifs (C(OH)–C–C–N with tert-alkyl or cyclic N) is 1. The Morgan fingerprint density at radius 3 is 2.77 bits per heavy atom. The highest BCUT2D eigenvalue weighted by Crippen LogP contribution is 2.35. The number of amides is 2. The van der Waals surface area contributed by atoms with Gasteiger partial charge in [-0.05, 0) is 62.8 Å². The van der Waals surface area contributed by atoms with Gasteiger partial charge in [-0.15, -0.1) is 0 Å². The van der Waals surface area contributed by atoms with Crippen LogP contribution in [0, 0.1) is 0 Å². The first-order valence-electron chi connectivity index (χ1n) is 10.9. The fraction of sp³-hybridized carbons (Fsp3) is 0.565. The number of likely N-dealkylation sites (tertiary alicyclic amines) is 1. The van der Waals surface area contributed by atoms with Gasteiger partial charge in [-0.1, -0.05) is 6.58 Å². The lowest BCUT2D eigenvalue weighted by Gasteiger charge is -2.48. The molecule has 0 bridgehead atoms. The van der Waals surface area contributed by atoms with Gasteiger partial charge in [-0.25, -0.2) is 0 Å². The molecule has 1 aromatic rings. The topological polar surface area (TPSA) is 82.1 Å². The quantitative estimate of drug-likeness (QED) is 0.790. The van der Waals surface area contributed by atoms with Gasteiger partial charge in [0.05, 0.1) is 5.60 Å². The second kappa shape index (κ2) is 7.10. The van der Waals surface area contributed by atoms with Crippen LogP contribution in [0.2, 0.25) is 0 Å². The molecule has 3 heterocycles. The van der Waals surface area contributed by atoms with Gasteiger partial charge in [-0.3, -0.25) is 14.5 Å². The highest BCUT2D eigenvalue weighted by molar-refractivity contribution is 6.01. The summed E-state index contributed by atoms with van der Waals surface area (Å²) in [5.41, 5.74) is 1.70. The Labute approximate surface area is 176 Å². The third kappa shape index (κ3) is 3.40. The van der Waals surface area contributed by atoms with Gasteiger partial charge in [0.15, 0.2) is 0 Å². The van der Waals surface area contributed by atoms with Crippen LogP contribution in [-0.4, -0.2) is 63.6 Å². The predicted molar refractivity (Wildman–Crippen MR) is 111 cm³/mol. The number of carbonyl (C=O) groups is 2. The van der Waals surface area contributed by atoms with Crippen molar-refractivity contribution in [1.82, 2.24) is 15.1 Å². The van der Waals surface area contributed by atoms with Crippen LogP contribution in [0.1, 0.15) is 54.9 Å². The van der Waals surface area contributed by atoms with E-state index >= 15 is 0 Å². The van der Waals surface area contributed by atoms with E-state index in [0.29, 0.717) is 49.8 Å². The number of piperidine rings is 1. The minimum absolute atomic E-state index is 0.0919. The Balaban J connectivity index is 1.28. The highest BCUT2D eigenvalue weighted by Gasteiger charge is 2.45. The van der Waals surface area contributed by atoms with Gasteiger partial charge < -0.3 is 20.1 Å². The lowest BCUT2D eigenvalue weighted by Crippen LogP contribution is -2.64. The molecule has 2 saturated heterocycles. The standard InChI is InChI=1S/C23H29N3O4/c1-14-6-9-19(21(27)24-14)26-11-15-10-16(7-8-17(15)22(26)28)30-20-5-3-4-18(20)25-12-23(2,29)13-25/h7-8,10,18-20,29H,1,3-6,9,11-13H2,2H3,(H,24,27)/t18-,19?,20+/m0/s1. The summed E-state index contributed by atoms with van der Waals surface area (Å²) < 4.78 is 6.35. The van der Waals surface area contributed by atoms with E-state index in [1.807, 2.05) is 25.1 Å². The van der Waals surface area contributed by atoms with Crippen molar-refractivity contribution in [3.8, 4) is 5.75 Å². The average molecular weight is 412 g/mol. The molecule has 4 aliphatic rings. The van der Waals surface area contributed by atoms with Crippen molar-refractivity contribution in [2.75, 3.05) is 13.1 Å². The van der Waals surface area contributed by atoms with Crippen molar-refractivity contribution in [3.05, 3.63) is 41.6 Å². The average Bonchev–Trinajstić information content (AvgIpc) is 3.24. The third-order valence-electron chi connectivity index (χ3n) is 6.87. The van der Waals surface area contributed by atoms with Crippen molar-refractivity contribution in [2.45, 2.75) is 69.4 Å². The zero-order valence-corrected chi connectivity index (χ0v) is 17.4. The summed E-state index contributed by atoms with van der Waals surface area (Å²) in [6.07, 6.45) is 4.60. The molecule has 3 fully saturated rings. The van der Waals surface area contributed by atoms with Crippen molar-refractivity contribution in [1.29, 1.82) is 0 Å². The normalized spacial score (nSPS) is 30.8. The summed E-state index contributed by atoms with van der Waals surface area (Å²) in [7, 11) is 0. The fourth-order valence-electron chi connectivity index (χ4n) is 5.40. The summed E-state index contributed by atoms with van der Waals surface area (Å²) in [5.74, 6) is 0.530. The van der Waals surface area contributed by atoms with Gasteiger partial charge in [0.25, 0.3) is 5.91 Å². The summed E-state index contributed by atoms with van der Waals surface area (Å²) in [4.78, 5) is 29.2. The SMILES string of the molecule is C=C1CCC(N2Cc3cc(O[C@@H]4CCC[C@@H]4N4CC(C)(O)C4)ccc3C2=O)C(=O)N1. The second-order valence-corrected chi connectivity index (χ2v) is 9.46. The van der Waals surface area contributed by atoms with E-state index in [4.69, 9.17) is 4.74 Å². The van der Waals surface area contributed by atoms with Gasteiger partial charge in [0.2, 0.25) is 5.91 Å². The number of nitrogens with zero attached hydrogens (tertiary/aromatic N) is 2. The number of hydrogen-bond donors (Lipinski definition) is 2. The van der Waals surface area contributed by atoms with E-state index in [-0.39, 0.29) is 17.9 Å². The monoisotopic (exact) mass is 411 g/mol. The van der Waals surface area contributed by atoms with Crippen LogP contribution < -0.4 is 10.1 Å². The molecule has 3 atom stereocenters. The number of allylic oxidation sites excluding steroid dienone is 1. The Hall–Kier alpha value is -2.38. The lowest BCUT2D eigenvalue weighted by atomic mass is 9.93. The Morgan fingerprint density at radius 1 is 1.23 bits per heavy atom. The van der Waals surface area contributed by atoms with Crippen LogP contribution in [0.15, 0.2) is 30.5 Å². The zero-order chi connectivity index (χ0) is 21.0. The maximum atomic E-state index is 12.9. The molecule has 7 heteroatoms. The summed E-state index contributed by atoms with van der Waals surface area (Å²) in [5, 5.41) is 12.8. The third-order valence-corrected chi connectivity index (χ3v) is 6.87. The van der Waals surface area contributed by atoms with Crippen molar-refractivity contribution < 1.29 is 19.4 Å². The lowest BCUT2D eigenvalue weighted by molar-refractivity contribution is -0.126. The molecule has 1 saturated carbocycles. The minimum atomic E-state index is -0.581. The maximum absolute atomic E-state index is 12.9. The molecule has 2 amide bonds. The first kappa shape index (κ1) is 19.6. The number of ether oxygens (including phenoxy) is 1. The van der Waals surface area contributed by atoms with E-state index in [0.717, 1.165) is 30.6 Å². The van der Waals surface area contributed by atoms with E-state index in [1.54, 1.807) is 4.90 Å². The number of nitrogens with one attached hydrogen (secondary N) is 1. The molecule has 1 aromatic carbocycles. The maximum Gasteiger partial charge on any atom is 0.255 e. The largest absolute Gasteiger partial charge is 0.489 e. The van der Waals surface area contributed by atoms with Gasteiger partial charge in [0, 0.05) is 36.9 Å². The summed E-state index contributed by atoms with van der Waals surface area (Å²) in [6.45, 7) is 7.51. The van der Waals surface area contributed by atoms with Crippen LogP contribution in [0.25, 0.3) is 0 Å². The molecule has 2 N–H and O–H groups in total. The van der Waals surface area contributed by atoms with Crippen LogP contribution in [-0.2, 0) is 11.3 Å². The molecule has 0 spiro atoms. The van der Waals surface area contributed by atoms with E-state index in [9.17, 15) is 14.7 Å². The molecule has 5 rings (SSSR count). The van der Waals surface area contributed by atoms with E-state index in [1.165, 1.54) is 0 Å². The van der Waals surface area contributed by atoms with Crippen molar-refractivity contribution >= 4 is 11.8 Å². The number of rotatable bonds is 4. The van der Waals surface area contributed by atoms with Gasteiger partial charge >= 0.3 is 0 Å². The second-order valence-electron chi connectivity index (χ2n) is 9.46. The molecule has 3 aliphatic heterocycles. The molecule has 1 aliphatic carbocycles.